The standard InChI is InChI=1S/C9H11N3S/c1-7-4-12(5-8(7)2)6-9-3-10-13-11-9/h3-5H,6H2,1-2H3. The SMILES string of the molecule is Cc1cn(Cc2cnsn2)cc1C. The summed E-state index contributed by atoms with van der Waals surface area (Å²) in [5.41, 5.74) is 3.67. The molecule has 0 unspecified atom stereocenters. The Morgan fingerprint density at radius 3 is 2.54 bits per heavy atom. The maximum atomic E-state index is 4.16. The largest absolute Gasteiger partial charge is 0.348 e. The lowest BCUT2D eigenvalue weighted by Gasteiger charge is -1.96. The van der Waals surface area contributed by atoms with Crippen molar-refractivity contribution in [3.05, 3.63) is 35.4 Å². The highest BCUT2D eigenvalue weighted by atomic mass is 32.1. The molecule has 2 aromatic heterocycles. The molecule has 0 atom stereocenters. The van der Waals surface area contributed by atoms with Gasteiger partial charge in [0.25, 0.3) is 0 Å². The zero-order valence-corrected chi connectivity index (χ0v) is 8.51. The minimum absolute atomic E-state index is 0.825. The van der Waals surface area contributed by atoms with E-state index in [1.807, 2.05) is 6.20 Å². The molecule has 4 heteroatoms. The molecule has 0 N–H and O–H groups in total. The molecule has 0 saturated carbocycles. The Labute approximate surface area is 81.4 Å². The molecule has 0 aliphatic carbocycles. The van der Waals surface area contributed by atoms with Crippen LogP contribution in [0.25, 0.3) is 0 Å². The van der Waals surface area contributed by atoms with E-state index in [4.69, 9.17) is 0 Å². The van der Waals surface area contributed by atoms with Crippen molar-refractivity contribution >= 4 is 11.7 Å². The highest BCUT2D eigenvalue weighted by Crippen LogP contribution is 2.09. The molecule has 0 saturated heterocycles. The zero-order valence-electron chi connectivity index (χ0n) is 7.69. The Morgan fingerprint density at radius 2 is 2.00 bits per heavy atom. The lowest BCUT2D eigenvalue weighted by molar-refractivity contribution is 0.786. The Kier molecular flexibility index (Phi) is 2.14. The number of nitrogens with zero attached hydrogens (tertiary/aromatic N) is 3. The molecule has 2 aromatic rings. The van der Waals surface area contributed by atoms with Gasteiger partial charge in [0.1, 0.15) is 0 Å². The van der Waals surface area contributed by atoms with Crippen LogP contribution in [0.15, 0.2) is 18.6 Å². The summed E-state index contributed by atoms with van der Waals surface area (Å²) in [6, 6.07) is 0. The molecule has 68 valence electrons. The second-order valence-corrected chi connectivity index (χ2v) is 3.75. The van der Waals surface area contributed by atoms with Crippen LogP contribution in [-0.4, -0.2) is 13.3 Å². The van der Waals surface area contributed by atoms with Crippen molar-refractivity contribution in [3.63, 3.8) is 0 Å². The van der Waals surface area contributed by atoms with Gasteiger partial charge in [0.15, 0.2) is 0 Å². The Balaban J connectivity index is 2.19. The smallest absolute Gasteiger partial charge is 0.0939 e. The van der Waals surface area contributed by atoms with Crippen LogP contribution in [0.4, 0.5) is 0 Å². The van der Waals surface area contributed by atoms with Crippen LogP contribution in [0.5, 0.6) is 0 Å². The number of hydrogen-bond donors (Lipinski definition) is 0. The molecular formula is C9H11N3S. The van der Waals surface area contributed by atoms with Gasteiger partial charge in [0.05, 0.1) is 30.2 Å². The van der Waals surface area contributed by atoms with E-state index in [0.29, 0.717) is 0 Å². The second kappa shape index (κ2) is 3.30. The van der Waals surface area contributed by atoms with Crippen LogP contribution >= 0.6 is 11.7 Å². The third-order valence-corrected chi connectivity index (χ3v) is 2.61. The average Bonchev–Trinajstić information content (AvgIpc) is 2.64. The van der Waals surface area contributed by atoms with Gasteiger partial charge in [-0.1, -0.05) is 0 Å². The molecule has 0 fully saturated rings. The van der Waals surface area contributed by atoms with Gasteiger partial charge in [-0.25, -0.2) is 0 Å². The van der Waals surface area contributed by atoms with E-state index in [-0.39, 0.29) is 0 Å². The molecule has 0 bridgehead atoms. The predicted molar refractivity (Wildman–Crippen MR) is 52.9 cm³/mol. The molecule has 2 heterocycles. The summed E-state index contributed by atoms with van der Waals surface area (Å²) >= 11 is 1.26. The topological polar surface area (TPSA) is 30.7 Å². The summed E-state index contributed by atoms with van der Waals surface area (Å²) in [4.78, 5) is 0. The Hall–Kier alpha value is -1.16. The van der Waals surface area contributed by atoms with E-state index in [2.05, 4.69) is 39.6 Å². The van der Waals surface area contributed by atoms with Gasteiger partial charge in [0.2, 0.25) is 0 Å². The lowest BCUT2D eigenvalue weighted by atomic mass is 10.2. The second-order valence-electron chi connectivity index (χ2n) is 3.20. The average molecular weight is 193 g/mol. The molecule has 0 spiro atoms. The summed E-state index contributed by atoms with van der Waals surface area (Å²) in [7, 11) is 0. The summed E-state index contributed by atoms with van der Waals surface area (Å²) in [6.07, 6.45) is 6.08. The normalized spacial score (nSPS) is 10.6. The molecular weight excluding hydrogens is 182 g/mol. The minimum Gasteiger partial charge on any atom is -0.348 e. The fourth-order valence-electron chi connectivity index (χ4n) is 1.27. The first kappa shape index (κ1) is 8.44. The molecule has 0 amide bonds. The van der Waals surface area contributed by atoms with Crippen molar-refractivity contribution in [2.75, 3.05) is 0 Å². The van der Waals surface area contributed by atoms with E-state index in [1.165, 1.54) is 22.9 Å². The van der Waals surface area contributed by atoms with Gasteiger partial charge < -0.3 is 4.57 Å². The van der Waals surface area contributed by atoms with E-state index < -0.39 is 0 Å². The third kappa shape index (κ3) is 1.78. The number of rotatable bonds is 2. The first-order valence-electron chi connectivity index (χ1n) is 4.15. The maximum Gasteiger partial charge on any atom is 0.0939 e. The van der Waals surface area contributed by atoms with Crippen molar-refractivity contribution in [2.45, 2.75) is 20.4 Å². The van der Waals surface area contributed by atoms with Crippen LogP contribution < -0.4 is 0 Å². The predicted octanol–water partition coefficient (Wildman–Crippen LogP) is 2.00. The molecule has 0 aliphatic rings. The molecule has 0 radical (unpaired) electrons. The van der Waals surface area contributed by atoms with E-state index in [9.17, 15) is 0 Å². The first-order valence-corrected chi connectivity index (χ1v) is 4.88. The van der Waals surface area contributed by atoms with Crippen LogP contribution in [0.1, 0.15) is 16.8 Å². The number of hydrogen-bond acceptors (Lipinski definition) is 3. The molecule has 0 aromatic carbocycles. The summed E-state index contributed by atoms with van der Waals surface area (Å²) in [5.74, 6) is 0. The van der Waals surface area contributed by atoms with Crippen molar-refractivity contribution in [3.8, 4) is 0 Å². The van der Waals surface area contributed by atoms with Crippen LogP contribution in [0.3, 0.4) is 0 Å². The van der Waals surface area contributed by atoms with Crippen LogP contribution in [0, 0.1) is 13.8 Å². The maximum absolute atomic E-state index is 4.16. The van der Waals surface area contributed by atoms with Crippen molar-refractivity contribution < 1.29 is 0 Å². The summed E-state index contributed by atoms with van der Waals surface area (Å²) in [5, 5.41) is 0. The van der Waals surface area contributed by atoms with Gasteiger partial charge in [-0.3, -0.25) is 0 Å². The summed E-state index contributed by atoms with van der Waals surface area (Å²) in [6.45, 7) is 5.06. The Bertz CT molecular complexity index is 369. The summed E-state index contributed by atoms with van der Waals surface area (Å²) < 4.78 is 10.3. The van der Waals surface area contributed by atoms with Crippen LogP contribution in [-0.2, 0) is 6.54 Å². The Morgan fingerprint density at radius 1 is 1.31 bits per heavy atom. The fraction of sp³-hybridized carbons (Fsp3) is 0.333. The van der Waals surface area contributed by atoms with Gasteiger partial charge in [-0.15, -0.1) is 0 Å². The molecule has 0 aliphatic heterocycles. The third-order valence-electron chi connectivity index (χ3n) is 2.09. The fourth-order valence-corrected chi connectivity index (χ4v) is 1.70. The highest BCUT2D eigenvalue weighted by molar-refractivity contribution is 6.99. The first-order chi connectivity index (χ1) is 6.25. The van der Waals surface area contributed by atoms with Crippen molar-refractivity contribution in [1.29, 1.82) is 0 Å². The van der Waals surface area contributed by atoms with E-state index in [0.717, 1.165) is 12.2 Å². The van der Waals surface area contributed by atoms with E-state index >= 15 is 0 Å². The number of aromatic nitrogens is 3. The van der Waals surface area contributed by atoms with Gasteiger partial charge in [0, 0.05) is 12.4 Å². The monoisotopic (exact) mass is 193 g/mol. The molecule has 13 heavy (non-hydrogen) atoms. The van der Waals surface area contributed by atoms with Gasteiger partial charge >= 0.3 is 0 Å². The van der Waals surface area contributed by atoms with Crippen molar-refractivity contribution in [1.82, 2.24) is 13.3 Å². The molecule has 2 rings (SSSR count). The van der Waals surface area contributed by atoms with Crippen molar-refractivity contribution in [2.24, 2.45) is 0 Å². The van der Waals surface area contributed by atoms with Crippen LogP contribution in [0.2, 0.25) is 0 Å². The highest BCUT2D eigenvalue weighted by Gasteiger charge is 2.00. The zero-order chi connectivity index (χ0) is 9.26. The minimum atomic E-state index is 0.825. The van der Waals surface area contributed by atoms with Gasteiger partial charge in [-0.2, -0.15) is 8.75 Å². The van der Waals surface area contributed by atoms with E-state index in [1.54, 1.807) is 0 Å². The number of aryl methyl sites for hydroxylation is 2. The van der Waals surface area contributed by atoms with Gasteiger partial charge in [-0.05, 0) is 25.0 Å². The lowest BCUT2D eigenvalue weighted by Crippen LogP contribution is -1.95. The molecule has 3 nitrogen and oxygen atoms in total. The quantitative estimate of drug-likeness (QED) is 0.730.